The van der Waals surface area contributed by atoms with Crippen LogP contribution >= 0.6 is 0 Å². The van der Waals surface area contributed by atoms with Crippen molar-refractivity contribution in [2.24, 2.45) is 0 Å². The minimum Gasteiger partial charge on any atom is -0.466 e. The molecular formula is C19H37NO5. The van der Waals surface area contributed by atoms with Gasteiger partial charge >= 0.3 is 11.9 Å². The number of nitrogens with zero attached hydrogens (tertiary/aromatic N) is 1. The van der Waals surface area contributed by atoms with Gasteiger partial charge in [-0.1, -0.05) is 19.8 Å². The highest BCUT2D eigenvalue weighted by Crippen LogP contribution is 2.02. The minimum atomic E-state index is -0.151. The van der Waals surface area contributed by atoms with Crippen molar-refractivity contribution in [3.8, 4) is 0 Å². The molecule has 0 radical (unpaired) electrons. The van der Waals surface area contributed by atoms with E-state index in [2.05, 4.69) is 4.90 Å². The van der Waals surface area contributed by atoms with E-state index in [1.54, 1.807) is 0 Å². The van der Waals surface area contributed by atoms with Crippen LogP contribution in [0.25, 0.3) is 0 Å². The van der Waals surface area contributed by atoms with Crippen LogP contribution in [0, 0.1) is 0 Å². The monoisotopic (exact) mass is 359 g/mol. The summed E-state index contributed by atoms with van der Waals surface area (Å²) < 4.78 is 10.3. The molecule has 0 amide bonds. The van der Waals surface area contributed by atoms with Crippen LogP contribution < -0.4 is 0 Å². The molecule has 0 atom stereocenters. The summed E-state index contributed by atoms with van der Waals surface area (Å²) in [5, 5.41) is 8.71. The van der Waals surface area contributed by atoms with Crippen LogP contribution in [0.3, 0.4) is 0 Å². The van der Waals surface area contributed by atoms with Gasteiger partial charge in [0.2, 0.25) is 0 Å². The molecule has 0 aliphatic carbocycles. The van der Waals surface area contributed by atoms with Crippen molar-refractivity contribution in [1.82, 2.24) is 4.90 Å². The summed E-state index contributed by atoms with van der Waals surface area (Å²) in [5.74, 6) is -0.284. The molecule has 6 nitrogen and oxygen atoms in total. The van der Waals surface area contributed by atoms with Crippen LogP contribution in [0.2, 0.25) is 0 Å². The summed E-state index contributed by atoms with van der Waals surface area (Å²) >= 11 is 0. The average Bonchev–Trinajstić information content (AvgIpc) is 2.59. The van der Waals surface area contributed by atoms with E-state index >= 15 is 0 Å². The number of carbonyl (C=O) groups is 2. The average molecular weight is 360 g/mol. The Bertz CT molecular complexity index is 336. The van der Waals surface area contributed by atoms with Gasteiger partial charge in [-0.05, 0) is 52.1 Å². The van der Waals surface area contributed by atoms with E-state index in [1.807, 2.05) is 14.0 Å². The van der Waals surface area contributed by atoms with Gasteiger partial charge in [0.1, 0.15) is 0 Å². The maximum Gasteiger partial charge on any atom is 0.307 e. The molecule has 25 heavy (non-hydrogen) atoms. The summed E-state index contributed by atoms with van der Waals surface area (Å²) in [6, 6.07) is 0. The molecule has 6 heteroatoms. The molecule has 0 unspecified atom stereocenters. The third kappa shape index (κ3) is 17.5. The SMILES string of the molecule is CCCC(=O)OCCCCCOC(=O)CCN(C)CCCCCCO. The van der Waals surface area contributed by atoms with Gasteiger partial charge in [-0.2, -0.15) is 0 Å². The van der Waals surface area contributed by atoms with Crippen molar-refractivity contribution in [3.63, 3.8) is 0 Å². The van der Waals surface area contributed by atoms with E-state index < -0.39 is 0 Å². The van der Waals surface area contributed by atoms with Gasteiger partial charge in [-0.3, -0.25) is 9.59 Å². The quantitative estimate of drug-likeness (QED) is 0.318. The normalized spacial score (nSPS) is 10.9. The summed E-state index contributed by atoms with van der Waals surface area (Å²) in [4.78, 5) is 25.0. The number of esters is 2. The Hall–Kier alpha value is -1.14. The fourth-order valence-corrected chi connectivity index (χ4v) is 2.34. The van der Waals surface area contributed by atoms with Crippen molar-refractivity contribution >= 4 is 11.9 Å². The van der Waals surface area contributed by atoms with Crippen molar-refractivity contribution < 1.29 is 24.2 Å². The highest BCUT2D eigenvalue weighted by molar-refractivity contribution is 5.69. The fourth-order valence-electron chi connectivity index (χ4n) is 2.34. The van der Waals surface area contributed by atoms with Crippen LogP contribution in [-0.2, 0) is 19.1 Å². The number of ether oxygens (including phenoxy) is 2. The summed E-state index contributed by atoms with van der Waals surface area (Å²) in [6.45, 7) is 4.79. The lowest BCUT2D eigenvalue weighted by Gasteiger charge is -2.15. The standard InChI is InChI=1S/C19H37NO5/c1-3-11-18(22)24-16-9-6-10-17-25-19(23)12-14-20(2)13-7-4-5-8-15-21/h21H,3-17H2,1-2H3. The molecule has 0 aromatic heterocycles. The van der Waals surface area contributed by atoms with Crippen LogP contribution in [0.4, 0.5) is 0 Å². The highest BCUT2D eigenvalue weighted by atomic mass is 16.5. The first-order valence-corrected chi connectivity index (χ1v) is 9.70. The number of rotatable bonds is 17. The highest BCUT2D eigenvalue weighted by Gasteiger charge is 2.06. The van der Waals surface area contributed by atoms with E-state index in [0.29, 0.717) is 32.6 Å². The zero-order valence-electron chi connectivity index (χ0n) is 16.1. The molecule has 1 N–H and O–H groups in total. The van der Waals surface area contributed by atoms with E-state index in [9.17, 15) is 9.59 Å². The van der Waals surface area contributed by atoms with Crippen molar-refractivity contribution in [1.29, 1.82) is 0 Å². The first-order valence-electron chi connectivity index (χ1n) is 9.70. The molecule has 0 saturated carbocycles. The lowest BCUT2D eigenvalue weighted by atomic mass is 10.2. The van der Waals surface area contributed by atoms with Crippen LogP contribution in [-0.4, -0.2) is 61.9 Å². The molecule has 0 aliphatic rings. The van der Waals surface area contributed by atoms with Crippen LogP contribution in [0.1, 0.15) is 71.1 Å². The third-order valence-electron chi connectivity index (χ3n) is 3.91. The molecule has 148 valence electrons. The van der Waals surface area contributed by atoms with Crippen LogP contribution in [0.15, 0.2) is 0 Å². The van der Waals surface area contributed by atoms with E-state index in [4.69, 9.17) is 14.6 Å². The van der Waals surface area contributed by atoms with Gasteiger partial charge in [0.15, 0.2) is 0 Å². The zero-order valence-corrected chi connectivity index (χ0v) is 16.1. The van der Waals surface area contributed by atoms with Gasteiger partial charge in [0, 0.05) is 19.6 Å². The fraction of sp³-hybridized carbons (Fsp3) is 0.895. The van der Waals surface area contributed by atoms with Gasteiger partial charge in [0.25, 0.3) is 0 Å². The summed E-state index contributed by atoms with van der Waals surface area (Å²) in [6.07, 6.45) is 8.35. The van der Waals surface area contributed by atoms with Crippen molar-refractivity contribution in [2.45, 2.75) is 71.1 Å². The van der Waals surface area contributed by atoms with Gasteiger partial charge < -0.3 is 19.5 Å². The molecule has 0 aromatic rings. The van der Waals surface area contributed by atoms with Crippen molar-refractivity contribution in [2.75, 3.05) is 40.0 Å². The Morgan fingerprint density at radius 1 is 0.800 bits per heavy atom. The zero-order chi connectivity index (χ0) is 18.8. The molecule has 0 bridgehead atoms. The number of aliphatic hydroxyl groups excluding tert-OH is 1. The Morgan fingerprint density at radius 2 is 1.36 bits per heavy atom. The second-order valence-electron chi connectivity index (χ2n) is 6.44. The number of aliphatic hydroxyl groups is 1. The number of hydrogen-bond acceptors (Lipinski definition) is 6. The Labute approximate surface area is 152 Å². The maximum absolute atomic E-state index is 11.7. The summed E-state index contributed by atoms with van der Waals surface area (Å²) in [5.41, 5.74) is 0. The molecule has 0 rings (SSSR count). The molecular weight excluding hydrogens is 322 g/mol. The summed E-state index contributed by atoms with van der Waals surface area (Å²) in [7, 11) is 2.01. The lowest BCUT2D eigenvalue weighted by molar-refractivity contribution is -0.144. The molecule has 0 fully saturated rings. The minimum absolute atomic E-state index is 0.133. The first-order chi connectivity index (χ1) is 12.1. The largest absolute Gasteiger partial charge is 0.466 e. The van der Waals surface area contributed by atoms with Gasteiger partial charge in [-0.25, -0.2) is 0 Å². The Kier molecular flexibility index (Phi) is 16.9. The van der Waals surface area contributed by atoms with Gasteiger partial charge in [-0.15, -0.1) is 0 Å². The molecule has 0 spiro atoms. The molecule has 0 saturated heterocycles. The topological polar surface area (TPSA) is 76.1 Å². The third-order valence-corrected chi connectivity index (χ3v) is 3.91. The van der Waals surface area contributed by atoms with E-state index in [1.165, 1.54) is 0 Å². The second kappa shape index (κ2) is 17.7. The molecule has 0 heterocycles. The predicted molar refractivity (Wildman–Crippen MR) is 98.3 cm³/mol. The van der Waals surface area contributed by atoms with Crippen molar-refractivity contribution in [3.05, 3.63) is 0 Å². The first kappa shape index (κ1) is 23.9. The smallest absolute Gasteiger partial charge is 0.307 e. The van der Waals surface area contributed by atoms with E-state index in [-0.39, 0.29) is 18.5 Å². The Morgan fingerprint density at radius 3 is 1.96 bits per heavy atom. The van der Waals surface area contributed by atoms with E-state index in [0.717, 1.165) is 57.9 Å². The second-order valence-corrected chi connectivity index (χ2v) is 6.44. The molecule has 0 aromatic carbocycles. The number of unbranched alkanes of at least 4 members (excludes halogenated alkanes) is 5. The number of carbonyl (C=O) groups excluding carboxylic acids is 2. The predicted octanol–water partition coefficient (Wildman–Crippen LogP) is 2.92. The van der Waals surface area contributed by atoms with Gasteiger partial charge in [0.05, 0.1) is 19.6 Å². The number of hydrogen-bond donors (Lipinski definition) is 1. The van der Waals surface area contributed by atoms with Crippen LogP contribution in [0.5, 0.6) is 0 Å². The maximum atomic E-state index is 11.7. The Balaban J connectivity index is 3.39. The molecule has 0 aliphatic heterocycles. The lowest BCUT2D eigenvalue weighted by Crippen LogP contribution is -2.23.